The Morgan fingerprint density at radius 2 is 1.72 bits per heavy atom. The predicted molar refractivity (Wildman–Crippen MR) is 155 cm³/mol. The summed E-state index contributed by atoms with van der Waals surface area (Å²) in [5.41, 5.74) is 3.04. The topological polar surface area (TPSA) is 143 Å². The fraction of sp³-hybridized carbons (Fsp3) is 0.600. The molecule has 1 saturated carbocycles. The Morgan fingerprint density at radius 3 is 2.36 bits per heavy atom. The van der Waals surface area contributed by atoms with E-state index in [0.29, 0.717) is 34.8 Å². The number of nitrogens with zero attached hydrogens (tertiary/aromatic N) is 3. The first-order chi connectivity index (χ1) is 18.4. The smallest absolute Gasteiger partial charge is 0.229 e. The third-order valence-corrected chi connectivity index (χ3v) is 9.07. The average Bonchev–Trinajstić information content (AvgIpc) is 3.06. The monoisotopic (exact) mass is 600 g/mol. The molecule has 1 aromatic carbocycles. The van der Waals surface area contributed by atoms with Gasteiger partial charge in [0.1, 0.15) is 20.6 Å². The molecule has 0 spiro atoms. The largest absolute Gasteiger partial charge is 0.495 e. The normalized spacial score (nSPS) is 20.6. The van der Waals surface area contributed by atoms with E-state index >= 15 is 0 Å². The van der Waals surface area contributed by atoms with Crippen molar-refractivity contribution in [1.82, 2.24) is 19.6 Å². The van der Waals surface area contributed by atoms with Crippen molar-refractivity contribution >= 4 is 48.9 Å². The van der Waals surface area contributed by atoms with Crippen LogP contribution in [-0.4, -0.2) is 88.8 Å². The summed E-state index contributed by atoms with van der Waals surface area (Å²) in [6, 6.07) is 3.64. The fourth-order valence-corrected chi connectivity index (χ4v) is 6.70. The van der Waals surface area contributed by atoms with E-state index in [9.17, 15) is 16.8 Å². The lowest BCUT2D eigenvalue weighted by Gasteiger charge is -2.32. The SMILES string of the molecule is COc1cc2c(cc1Nc1ncc(Cl)c(N[C@@H]3CCCC[C@H]3NS(C)(=O)=O)n1)CCN(CCS(C)(=O)=O)CC2. The van der Waals surface area contributed by atoms with Gasteiger partial charge in [-0.15, -0.1) is 0 Å². The molecule has 0 radical (unpaired) electrons. The van der Waals surface area contributed by atoms with Crippen molar-refractivity contribution in [3.8, 4) is 5.75 Å². The quantitative estimate of drug-likeness (QED) is 0.372. The van der Waals surface area contributed by atoms with Crippen molar-refractivity contribution in [3.05, 3.63) is 34.5 Å². The molecule has 216 valence electrons. The molecule has 39 heavy (non-hydrogen) atoms. The first-order valence-corrected chi connectivity index (χ1v) is 17.4. The molecule has 1 aromatic heterocycles. The van der Waals surface area contributed by atoms with Gasteiger partial charge in [0.2, 0.25) is 16.0 Å². The molecule has 3 N–H and O–H groups in total. The minimum absolute atomic E-state index is 0.148. The molecule has 14 heteroatoms. The number of rotatable bonds is 10. The second kappa shape index (κ2) is 12.5. The van der Waals surface area contributed by atoms with Gasteiger partial charge in [-0.25, -0.2) is 26.5 Å². The number of sulfonamides is 1. The minimum atomic E-state index is -3.35. The van der Waals surface area contributed by atoms with E-state index in [1.54, 1.807) is 7.11 Å². The summed E-state index contributed by atoms with van der Waals surface area (Å²) in [7, 11) is -4.76. The maximum atomic E-state index is 11.9. The van der Waals surface area contributed by atoms with E-state index in [1.807, 2.05) is 12.1 Å². The third kappa shape index (κ3) is 8.65. The summed E-state index contributed by atoms with van der Waals surface area (Å²) in [6.07, 6.45) is 8.97. The van der Waals surface area contributed by atoms with Crippen LogP contribution in [0.2, 0.25) is 5.02 Å². The number of benzene rings is 1. The molecule has 0 bridgehead atoms. The molecular weight excluding hydrogens is 564 g/mol. The van der Waals surface area contributed by atoms with Crippen LogP contribution in [0.1, 0.15) is 36.8 Å². The van der Waals surface area contributed by atoms with Crippen LogP contribution in [0, 0.1) is 0 Å². The Hall–Kier alpha value is -2.19. The number of nitrogens with one attached hydrogen (secondary N) is 3. The summed E-state index contributed by atoms with van der Waals surface area (Å²) < 4.78 is 55.3. The van der Waals surface area contributed by atoms with Crippen molar-refractivity contribution in [2.24, 2.45) is 0 Å². The molecule has 0 unspecified atom stereocenters. The van der Waals surface area contributed by atoms with Gasteiger partial charge >= 0.3 is 0 Å². The molecule has 0 saturated heterocycles. The van der Waals surface area contributed by atoms with Crippen molar-refractivity contribution in [3.63, 3.8) is 0 Å². The summed E-state index contributed by atoms with van der Waals surface area (Å²) in [4.78, 5) is 11.1. The summed E-state index contributed by atoms with van der Waals surface area (Å²) in [6.45, 7) is 2.07. The van der Waals surface area contributed by atoms with E-state index in [2.05, 4.69) is 30.2 Å². The van der Waals surface area contributed by atoms with Crippen LogP contribution in [0.3, 0.4) is 0 Å². The van der Waals surface area contributed by atoms with E-state index < -0.39 is 19.9 Å². The predicted octanol–water partition coefficient (Wildman–Crippen LogP) is 2.60. The fourth-order valence-electron chi connectivity index (χ4n) is 5.13. The van der Waals surface area contributed by atoms with Gasteiger partial charge in [-0.1, -0.05) is 24.4 Å². The molecule has 4 rings (SSSR count). The van der Waals surface area contributed by atoms with Crippen LogP contribution in [0.15, 0.2) is 18.3 Å². The number of hydrogen-bond acceptors (Lipinski definition) is 10. The average molecular weight is 601 g/mol. The van der Waals surface area contributed by atoms with Crippen LogP contribution in [0.25, 0.3) is 0 Å². The molecule has 1 aliphatic carbocycles. The van der Waals surface area contributed by atoms with Crippen molar-refractivity contribution in [1.29, 1.82) is 0 Å². The lowest BCUT2D eigenvalue weighted by Crippen LogP contribution is -2.48. The van der Waals surface area contributed by atoms with Gasteiger partial charge in [0.25, 0.3) is 0 Å². The van der Waals surface area contributed by atoms with Crippen molar-refractivity contribution < 1.29 is 21.6 Å². The second-order valence-corrected chi connectivity index (χ2v) is 14.8. The van der Waals surface area contributed by atoms with E-state index in [-0.39, 0.29) is 17.8 Å². The summed E-state index contributed by atoms with van der Waals surface area (Å²) in [5.74, 6) is 1.55. The Kier molecular flexibility index (Phi) is 9.58. The molecule has 2 atom stereocenters. The van der Waals surface area contributed by atoms with E-state index in [1.165, 1.54) is 24.3 Å². The van der Waals surface area contributed by atoms with Crippen molar-refractivity contribution in [2.75, 3.05) is 55.6 Å². The molecule has 1 aliphatic heterocycles. The molecular formula is C25H37ClN6O5S2. The van der Waals surface area contributed by atoms with Gasteiger partial charge in [-0.2, -0.15) is 4.98 Å². The number of aromatic nitrogens is 2. The molecule has 11 nitrogen and oxygen atoms in total. The van der Waals surface area contributed by atoms with Gasteiger partial charge in [-0.3, -0.25) is 0 Å². The molecule has 0 amide bonds. The zero-order chi connectivity index (χ0) is 28.2. The van der Waals surface area contributed by atoms with Crippen LogP contribution < -0.4 is 20.1 Å². The minimum Gasteiger partial charge on any atom is -0.495 e. The van der Waals surface area contributed by atoms with E-state index in [0.717, 1.165) is 57.2 Å². The maximum Gasteiger partial charge on any atom is 0.229 e. The lowest BCUT2D eigenvalue weighted by atomic mass is 9.91. The van der Waals surface area contributed by atoms with Crippen molar-refractivity contribution in [2.45, 2.75) is 50.6 Å². The van der Waals surface area contributed by atoms with Gasteiger partial charge < -0.3 is 20.3 Å². The van der Waals surface area contributed by atoms with Gasteiger partial charge in [0, 0.05) is 38.0 Å². The summed E-state index contributed by atoms with van der Waals surface area (Å²) >= 11 is 6.42. The Labute approximate surface area is 236 Å². The van der Waals surface area contributed by atoms with Crippen LogP contribution >= 0.6 is 11.6 Å². The Morgan fingerprint density at radius 1 is 1.05 bits per heavy atom. The van der Waals surface area contributed by atoms with Crippen LogP contribution in [-0.2, 0) is 32.7 Å². The third-order valence-electron chi connectivity index (χ3n) is 7.14. The highest BCUT2D eigenvalue weighted by molar-refractivity contribution is 7.90. The van der Waals surface area contributed by atoms with Gasteiger partial charge in [0.15, 0.2) is 5.82 Å². The Balaban J connectivity index is 1.50. The first kappa shape index (κ1) is 29.8. The Bertz CT molecular complexity index is 1390. The molecule has 2 heterocycles. The zero-order valence-corrected chi connectivity index (χ0v) is 24.9. The number of methoxy groups -OCH3 is 1. The highest BCUT2D eigenvalue weighted by Gasteiger charge is 2.28. The number of hydrogen-bond donors (Lipinski definition) is 3. The second-order valence-electron chi connectivity index (χ2n) is 10.3. The first-order valence-electron chi connectivity index (χ1n) is 13.0. The zero-order valence-electron chi connectivity index (χ0n) is 22.5. The molecule has 1 fully saturated rings. The van der Waals surface area contributed by atoms with E-state index in [4.69, 9.17) is 16.3 Å². The maximum absolute atomic E-state index is 11.9. The number of sulfone groups is 1. The standard InChI is InChI=1S/C25H37ClN6O5S2/c1-37-23-15-18-9-11-32(12-13-38(2,33)34)10-8-17(18)14-22(23)29-25-27-16-19(26)24(30-25)28-20-6-4-5-7-21(20)31-39(3,35)36/h14-16,20-21,31H,4-13H2,1-3H3,(H2,27,28,29,30)/t20-,21-/m1/s1. The summed E-state index contributed by atoms with van der Waals surface area (Å²) in [5, 5.41) is 6.93. The van der Waals surface area contributed by atoms with Crippen LogP contribution in [0.4, 0.5) is 17.5 Å². The number of anilines is 3. The lowest BCUT2D eigenvalue weighted by molar-refractivity contribution is 0.304. The van der Waals surface area contributed by atoms with Gasteiger partial charge in [0.05, 0.1) is 31.0 Å². The molecule has 2 aromatic rings. The number of fused-ring (bicyclic) bond motifs is 1. The number of ether oxygens (including phenoxy) is 1. The highest BCUT2D eigenvalue weighted by atomic mass is 35.5. The van der Waals surface area contributed by atoms with Gasteiger partial charge in [-0.05, 0) is 48.9 Å². The highest BCUT2D eigenvalue weighted by Crippen LogP contribution is 2.33. The van der Waals surface area contributed by atoms with Crippen LogP contribution in [0.5, 0.6) is 5.75 Å². The molecule has 2 aliphatic rings. The number of halogens is 1.